The molecular formula is C9H15N5S. The van der Waals surface area contributed by atoms with Crippen LogP contribution >= 0.6 is 11.3 Å². The van der Waals surface area contributed by atoms with Gasteiger partial charge in [0, 0.05) is 19.0 Å². The Morgan fingerprint density at radius 2 is 2.33 bits per heavy atom. The van der Waals surface area contributed by atoms with Gasteiger partial charge in [0.15, 0.2) is 0 Å². The number of aromatic nitrogens is 2. The number of nitrogens with zero attached hydrogens (tertiary/aromatic N) is 3. The lowest BCUT2D eigenvalue weighted by Gasteiger charge is -2.20. The van der Waals surface area contributed by atoms with E-state index in [1.165, 1.54) is 12.8 Å². The number of hydrogen-bond acceptors (Lipinski definition) is 5. The van der Waals surface area contributed by atoms with Crippen LogP contribution in [0.1, 0.15) is 24.3 Å². The lowest BCUT2D eigenvalue weighted by atomic mass is 10.3. The van der Waals surface area contributed by atoms with Crippen molar-refractivity contribution in [3.8, 4) is 0 Å². The second-order valence-corrected chi connectivity index (χ2v) is 4.96. The predicted octanol–water partition coefficient (Wildman–Crippen LogP) is 1.14. The first-order valence-corrected chi connectivity index (χ1v) is 5.88. The topological polar surface area (TPSA) is 78.9 Å². The van der Waals surface area contributed by atoms with Crippen molar-refractivity contribution in [1.82, 2.24) is 10.2 Å². The molecule has 1 saturated carbocycles. The monoisotopic (exact) mass is 225 g/mol. The minimum Gasteiger partial charge on any atom is -0.388 e. The zero-order chi connectivity index (χ0) is 10.8. The van der Waals surface area contributed by atoms with Gasteiger partial charge in [-0.3, -0.25) is 5.41 Å². The van der Waals surface area contributed by atoms with Gasteiger partial charge in [-0.05, 0) is 19.8 Å². The van der Waals surface area contributed by atoms with Crippen molar-refractivity contribution in [2.24, 2.45) is 5.73 Å². The third kappa shape index (κ3) is 2.65. The van der Waals surface area contributed by atoms with Gasteiger partial charge in [0.25, 0.3) is 0 Å². The van der Waals surface area contributed by atoms with Crippen molar-refractivity contribution in [3.05, 3.63) is 5.01 Å². The van der Waals surface area contributed by atoms with E-state index in [1.54, 1.807) is 11.3 Å². The molecule has 0 spiro atoms. The van der Waals surface area contributed by atoms with Gasteiger partial charge < -0.3 is 10.6 Å². The zero-order valence-corrected chi connectivity index (χ0v) is 9.55. The fourth-order valence-corrected chi connectivity index (χ4v) is 2.25. The van der Waals surface area contributed by atoms with E-state index in [-0.39, 0.29) is 5.84 Å². The largest absolute Gasteiger partial charge is 0.388 e. The molecule has 0 aliphatic heterocycles. The lowest BCUT2D eigenvalue weighted by Crippen LogP contribution is -2.29. The summed E-state index contributed by atoms with van der Waals surface area (Å²) in [4.78, 5) is 2.23. The molecule has 0 saturated heterocycles. The van der Waals surface area contributed by atoms with E-state index >= 15 is 0 Å². The molecule has 3 N–H and O–H groups in total. The van der Waals surface area contributed by atoms with E-state index in [2.05, 4.69) is 15.1 Å². The Morgan fingerprint density at radius 1 is 1.60 bits per heavy atom. The summed E-state index contributed by atoms with van der Waals surface area (Å²) in [5, 5.41) is 17.3. The van der Waals surface area contributed by atoms with Crippen molar-refractivity contribution < 1.29 is 0 Å². The van der Waals surface area contributed by atoms with Crippen LogP contribution in [0.3, 0.4) is 0 Å². The van der Waals surface area contributed by atoms with Crippen LogP contribution in [-0.4, -0.2) is 28.6 Å². The third-order valence-corrected chi connectivity index (χ3v) is 3.25. The standard InChI is InChI=1S/C9H15N5S/c1-6-12-13-9(15-6)14(7-2-3-7)5-4-8(10)11/h7H,2-5H2,1H3,(H3,10,11). The van der Waals surface area contributed by atoms with E-state index in [4.69, 9.17) is 11.1 Å². The molecule has 1 fully saturated rings. The molecule has 0 unspecified atom stereocenters. The van der Waals surface area contributed by atoms with Crippen molar-refractivity contribution in [1.29, 1.82) is 5.41 Å². The second kappa shape index (κ2) is 4.14. The highest BCUT2D eigenvalue weighted by molar-refractivity contribution is 7.15. The summed E-state index contributed by atoms with van der Waals surface area (Å²) in [6.07, 6.45) is 3.04. The molecular weight excluding hydrogens is 210 g/mol. The van der Waals surface area contributed by atoms with Gasteiger partial charge in [0.1, 0.15) is 5.01 Å². The lowest BCUT2D eigenvalue weighted by molar-refractivity contribution is 0.783. The van der Waals surface area contributed by atoms with Gasteiger partial charge in [-0.2, -0.15) is 0 Å². The van der Waals surface area contributed by atoms with Gasteiger partial charge >= 0.3 is 0 Å². The van der Waals surface area contributed by atoms with Crippen molar-refractivity contribution in [3.63, 3.8) is 0 Å². The smallest absolute Gasteiger partial charge is 0.208 e. The number of nitrogens with one attached hydrogen (secondary N) is 1. The quantitative estimate of drug-likeness (QED) is 0.582. The Morgan fingerprint density at radius 3 is 2.80 bits per heavy atom. The van der Waals surface area contributed by atoms with E-state index < -0.39 is 0 Å². The van der Waals surface area contributed by atoms with Gasteiger partial charge in [0.05, 0.1) is 5.84 Å². The van der Waals surface area contributed by atoms with Crippen molar-refractivity contribution >= 4 is 22.3 Å². The molecule has 0 atom stereocenters. The van der Waals surface area contributed by atoms with Crippen LogP contribution in [0.2, 0.25) is 0 Å². The molecule has 0 radical (unpaired) electrons. The summed E-state index contributed by atoms with van der Waals surface area (Å²) in [5.41, 5.74) is 5.37. The van der Waals surface area contributed by atoms with E-state index in [9.17, 15) is 0 Å². The van der Waals surface area contributed by atoms with Gasteiger partial charge in [0.2, 0.25) is 5.13 Å². The zero-order valence-electron chi connectivity index (χ0n) is 8.73. The predicted molar refractivity (Wildman–Crippen MR) is 61.5 cm³/mol. The first kappa shape index (κ1) is 10.4. The number of rotatable bonds is 5. The van der Waals surface area contributed by atoms with Crippen LogP contribution in [0.25, 0.3) is 0 Å². The molecule has 15 heavy (non-hydrogen) atoms. The van der Waals surface area contributed by atoms with E-state index in [0.717, 1.165) is 16.7 Å². The second-order valence-electron chi connectivity index (χ2n) is 3.80. The highest BCUT2D eigenvalue weighted by Gasteiger charge is 2.30. The molecule has 1 aromatic heterocycles. The number of amidine groups is 1. The van der Waals surface area contributed by atoms with Crippen LogP contribution in [0.5, 0.6) is 0 Å². The maximum atomic E-state index is 7.24. The van der Waals surface area contributed by atoms with Crippen LogP contribution in [0.4, 0.5) is 5.13 Å². The molecule has 82 valence electrons. The third-order valence-electron chi connectivity index (χ3n) is 2.37. The molecule has 2 rings (SSSR count). The highest BCUT2D eigenvalue weighted by Crippen LogP contribution is 2.33. The molecule has 1 heterocycles. The Hall–Kier alpha value is -1.17. The maximum absolute atomic E-state index is 7.24. The van der Waals surface area contributed by atoms with Gasteiger partial charge in [-0.15, -0.1) is 10.2 Å². The average Bonchev–Trinajstić information content (AvgIpc) is 2.90. The summed E-state index contributed by atoms with van der Waals surface area (Å²) in [6.45, 7) is 2.74. The normalized spacial score (nSPS) is 15.3. The Bertz CT molecular complexity index is 357. The van der Waals surface area contributed by atoms with Crippen LogP contribution in [0.15, 0.2) is 0 Å². The first-order chi connectivity index (χ1) is 7.16. The number of anilines is 1. The fraction of sp³-hybridized carbons (Fsp3) is 0.667. The SMILES string of the molecule is Cc1nnc(N(CCC(=N)N)C2CC2)s1. The number of aryl methyl sites for hydroxylation is 1. The molecule has 0 amide bonds. The van der Waals surface area contributed by atoms with E-state index in [0.29, 0.717) is 12.5 Å². The van der Waals surface area contributed by atoms with E-state index in [1.807, 2.05) is 6.92 Å². The summed E-state index contributed by atoms with van der Waals surface area (Å²) < 4.78 is 0. The first-order valence-electron chi connectivity index (χ1n) is 5.06. The summed E-state index contributed by atoms with van der Waals surface area (Å²) in [6, 6.07) is 0.594. The summed E-state index contributed by atoms with van der Waals surface area (Å²) in [7, 11) is 0. The molecule has 1 aliphatic rings. The Balaban J connectivity index is 2.02. The summed E-state index contributed by atoms with van der Waals surface area (Å²) in [5.74, 6) is 0.238. The van der Waals surface area contributed by atoms with Crippen molar-refractivity contribution in [2.75, 3.05) is 11.4 Å². The molecule has 1 aromatic rings. The fourth-order valence-electron chi connectivity index (χ4n) is 1.46. The minimum atomic E-state index is 0.238. The highest BCUT2D eigenvalue weighted by atomic mass is 32.1. The van der Waals surface area contributed by atoms with Gasteiger partial charge in [-0.25, -0.2) is 0 Å². The molecule has 6 heteroatoms. The molecule has 1 aliphatic carbocycles. The average molecular weight is 225 g/mol. The minimum absolute atomic E-state index is 0.238. The van der Waals surface area contributed by atoms with Crippen LogP contribution < -0.4 is 10.6 Å². The molecule has 0 aromatic carbocycles. The Kier molecular flexibility index (Phi) is 2.86. The number of nitrogens with two attached hydrogens (primary N) is 1. The summed E-state index contributed by atoms with van der Waals surface area (Å²) >= 11 is 1.61. The molecule has 5 nitrogen and oxygen atoms in total. The van der Waals surface area contributed by atoms with Crippen LogP contribution in [0, 0.1) is 12.3 Å². The Labute approximate surface area is 92.8 Å². The molecule has 0 bridgehead atoms. The number of hydrogen-bond donors (Lipinski definition) is 2. The van der Waals surface area contributed by atoms with Crippen molar-refractivity contribution in [2.45, 2.75) is 32.2 Å². The van der Waals surface area contributed by atoms with Gasteiger partial charge in [-0.1, -0.05) is 11.3 Å². The van der Waals surface area contributed by atoms with Crippen LogP contribution in [-0.2, 0) is 0 Å². The maximum Gasteiger partial charge on any atom is 0.208 e.